The van der Waals surface area contributed by atoms with Crippen LogP contribution in [0.15, 0.2) is 18.2 Å². The van der Waals surface area contributed by atoms with Crippen LogP contribution in [0, 0.1) is 13.8 Å². The molecule has 0 bridgehead atoms. The fourth-order valence-corrected chi connectivity index (χ4v) is 2.96. The second-order valence-electron chi connectivity index (χ2n) is 6.16. The average Bonchev–Trinajstić information content (AvgIpc) is 2.12. The molecule has 1 atom stereocenters. The number of rotatable bonds is 1. The maximum atomic E-state index is 3.64. The van der Waals surface area contributed by atoms with E-state index in [1.165, 1.54) is 16.8 Å². The molecule has 1 heterocycles. The van der Waals surface area contributed by atoms with E-state index in [-0.39, 0.29) is 5.54 Å². The molecule has 17 heavy (non-hydrogen) atoms. The minimum absolute atomic E-state index is 0.190. The van der Waals surface area contributed by atoms with Crippen LogP contribution in [0.4, 0.5) is 5.69 Å². The number of aryl methyl sites for hydroxylation is 2. The molecular formula is C15H24N2. The number of nitrogens with one attached hydrogen (secondary N) is 1. The molecule has 1 aliphatic rings. The summed E-state index contributed by atoms with van der Waals surface area (Å²) in [6, 6.07) is 7.36. The second-order valence-corrected chi connectivity index (χ2v) is 6.16. The predicted octanol–water partition coefficient (Wildman–Crippen LogP) is 2.88. The van der Waals surface area contributed by atoms with Gasteiger partial charge in [0.25, 0.3) is 0 Å². The van der Waals surface area contributed by atoms with Gasteiger partial charge in [0.05, 0.1) is 0 Å². The van der Waals surface area contributed by atoms with E-state index in [0.717, 1.165) is 13.1 Å². The summed E-state index contributed by atoms with van der Waals surface area (Å²) in [5, 5.41) is 3.64. The van der Waals surface area contributed by atoms with E-state index in [9.17, 15) is 0 Å². The fourth-order valence-electron chi connectivity index (χ4n) is 2.96. The maximum absolute atomic E-state index is 3.64. The molecule has 2 nitrogen and oxygen atoms in total. The van der Waals surface area contributed by atoms with Crippen molar-refractivity contribution in [1.29, 1.82) is 0 Å². The van der Waals surface area contributed by atoms with Crippen LogP contribution in [0.5, 0.6) is 0 Å². The van der Waals surface area contributed by atoms with Gasteiger partial charge in [-0.3, -0.25) is 0 Å². The van der Waals surface area contributed by atoms with Gasteiger partial charge in [0, 0.05) is 30.4 Å². The highest BCUT2D eigenvalue weighted by atomic mass is 15.2. The zero-order valence-electron chi connectivity index (χ0n) is 11.7. The molecule has 0 aromatic heterocycles. The summed E-state index contributed by atoms with van der Waals surface area (Å²) in [6.07, 6.45) is 0. The van der Waals surface area contributed by atoms with Crippen molar-refractivity contribution in [3.05, 3.63) is 29.3 Å². The van der Waals surface area contributed by atoms with E-state index in [0.29, 0.717) is 6.04 Å². The summed E-state index contributed by atoms with van der Waals surface area (Å²) < 4.78 is 0. The molecular weight excluding hydrogens is 208 g/mol. The Balaban J connectivity index is 2.26. The number of benzene rings is 1. The second kappa shape index (κ2) is 4.34. The molecule has 0 aliphatic carbocycles. The highest BCUT2D eigenvalue weighted by Gasteiger charge is 2.29. The van der Waals surface area contributed by atoms with Crippen LogP contribution in [0.2, 0.25) is 0 Å². The monoisotopic (exact) mass is 232 g/mol. The Morgan fingerprint density at radius 3 is 2.29 bits per heavy atom. The van der Waals surface area contributed by atoms with Crippen molar-refractivity contribution in [2.24, 2.45) is 0 Å². The van der Waals surface area contributed by atoms with Crippen molar-refractivity contribution in [1.82, 2.24) is 5.32 Å². The van der Waals surface area contributed by atoms with Gasteiger partial charge in [0.2, 0.25) is 0 Å². The van der Waals surface area contributed by atoms with Gasteiger partial charge in [-0.1, -0.05) is 6.07 Å². The number of anilines is 1. The van der Waals surface area contributed by atoms with Crippen LogP contribution < -0.4 is 10.2 Å². The Morgan fingerprint density at radius 2 is 1.76 bits per heavy atom. The van der Waals surface area contributed by atoms with Gasteiger partial charge in [-0.15, -0.1) is 0 Å². The van der Waals surface area contributed by atoms with E-state index in [2.05, 4.69) is 63.0 Å². The van der Waals surface area contributed by atoms with Gasteiger partial charge in [0.15, 0.2) is 0 Å². The number of piperazine rings is 1. The van der Waals surface area contributed by atoms with Crippen molar-refractivity contribution in [3.8, 4) is 0 Å². The standard InChI is InChI=1S/C15H24N2/c1-11-6-12(2)8-14(7-11)17-9-13(3)16-15(4,5)10-17/h6-8,13,16H,9-10H2,1-5H3. The number of hydrogen-bond acceptors (Lipinski definition) is 2. The van der Waals surface area contributed by atoms with Gasteiger partial charge in [-0.2, -0.15) is 0 Å². The lowest BCUT2D eigenvalue weighted by Crippen LogP contribution is -2.61. The highest BCUT2D eigenvalue weighted by molar-refractivity contribution is 5.52. The van der Waals surface area contributed by atoms with Crippen molar-refractivity contribution < 1.29 is 0 Å². The molecule has 1 N–H and O–H groups in total. The van der Waals surface area contributed by atoms with E-state index >= 15 is 0 Å². The quantitative estimate of drug-likeness (QED) is 0.801. The maximum Gasteiger partial charge on any atom is 0.0372 e. The summed E-state index contributed by atoms with van der Waals surface area (Å²) in [4.78, 5) is 2.50. The first-order valence-electron chi connectivity index (χ1n) is 6.47. The first kappa shape index (κ1) is 12.4. The molecule has 94 valence electrons. The van der Waals surface area contributed by atoms with E-state index in [1.807, 2.05) is 0 Å². The Morgan fingerprint density at radius 1 is 1.18 bits per heavy atom. The zero-order valence-corrected chi connectivity index (χ0v) is 11.7. The summed E-state index contributed by atoms with van der Waals surface area (Å²) in [6.45, 7) is 13.3. The van der Waals surface area contributed by atoms with E-state index in [4.69, 9.17) is 0 Å². The third-order valence-electron chi connectivity index (χ3n) is 3.29. The summed E-state index contributed by atoms with van der Waals surface area (Å²) in [7, 11) is 0. The lowest BCUT2D eigenvalue weighted by atomic mass is 9.98. The molecule has 1 aromatic carbocycles. The number of nitrogens with zero attached hydrogens (tertiary/aromatic N) is 1. The van der Waals surface area contributed by atoms with E-state index < -0.39 is 0 Å². The van der Waals surface area contributed by atoms with Gasteiger partial charge in [0.1, 0.15) is 0 Å². The van der Waals surface area contributed by atoms with E-state index in [1.54, 1.807) is 0 Å². The molecule has 1 aliphatic heterocycles. The molecule has 0 radical (unpaired) electrons. The minimum atomic E-state index is 0.190. The fraction of sp³-hybridized carbons (Fsp3) is 0.600. The van der Waals surface area contributed by atoms with Crippen molar-refractivity contribution in [2.45, 2.75) is 46.2 Å². The Kier molecular flexibility index (Phi) is 3.17. The summed E-state index contributed by atoms with van der Waals surface area (Å²) in [5.74, 6) is 0. The van der Waals surface area contributed by atoms with Crippen molar-refractivity contribution >= 4 is 5.69 Å². The Bertz CT molecular complexity index is 389. The lowest BCUT2D eigenvalue weighted by Gasteiger charge is -2.44. The van der Waals surface area contributed by atoms with Crippen LogP contribution in [-0.4, -0.2) is 24.7 Å². The van der Waals surface area contributed by atoms with Crippen molar-refractivity contribution in [3.63, 3.8) is 0 Å². The van der Waals surface area contributed by atoms with Gasteiger partial charge < -0.3 is 10.2 Å². The molecule has 1 saturated heterocycles. The molecule has 1 unspecified atom stereocenters. The molecule has 1 aromatic rings. The average molecular weight is 232 g/mol. The normalized spacial score (nSPS) is 23.8. The lowest BCUT2D eigenvalue weighted by molar-refractivity contribution is 0.301. The van der Waals surface area contributed by atoms with Crippen molar-refractivity contribution in [2.75, 3.05) is 18.0 Å². The van der Waals surface area contributed by atoms with Crippen LogP contribution in [-0.2, 0) is 0 Å². The molecule has 1 fully saturated rings. The van der Waals surface area contributed by atoms with Crippen LogP contribution in [0.25, 0.3) is 0 Å². The largest absolute Gasteiger partial charge is 0.368 e. The molecule has 2 rings (SSSR count). The third-order valence-corrected chi connectivity index (χ3v) is 3.29. The van der Waals surface area contributed by atoms with Crippen LogP contribution >= 0.6 is 0 Å². The van der Waals surface area contributed by atoms with Crippen LogP contribution in [0.3, 0.4) is 0 Å². The molecule has 0 spiro atoms. The molecule has 0 saturated carbocycles. The van der Waals surface area contributed by atoms with Crippen LogP contribution in [0.1, 0.15) is 31.9 Å². The molecule has 0 amide bonds. The summed E-state index contributed by atoms with van der Waals surface area (Å²) in [5.41, 5.74) is 4.26. The van der Waals surface area contributed by atoms with Gasteiger partial charge in [-0.25, -0.2) is 0 Å². The first-order chi connectivity index (χ1) is 7.85. The first-order valence-corrected chi connectivity index (χ1v) is 6.47. The van der Waals surface area contributed by atoms with Gasteiger partial charge >= 0.3 is 0 Å². The smallest absolute Gasteiger partial charge is 0.0372 e. The minimum Gasteiger partial charge on any atom is -0.368 e. The zero-order chi connectivity index (χ0) is 12.6. The topological polar surface area (TPSA) is 15.3 Å². The Hall–Kier alpha value is -1.02. The SMILES string of the molecule is Cc1cc(C)cc(N2CC(C)NC(C)(C)C2)c1. The predicted molar refractivity (Wildman–Crippen MR) is 74.8 cm³/mol. The third kappa shape index (κ3) is 3.01. The summed E-state index contributed by atoms with van der Waals surface area (Å²) >= 11 is 0. The molecule has 2 heteroatoms. The Labute approximate surface area is 105 Å². The highest BCUT2D eigenvalue weighted by Crippen LogP contribution is 2.24. The van der Waals surface area contributed by atoms with Gasteiger partial charge in [-0.05, 0) is 57.9 Å². The number of hydrogen-bond donors (Lipinski definition) is 1.